The van der Waals surface area contributed by atoms with Gasteiger partial charge in [-0.2, -0.15) is 4.72 Å². The maximum absolute atomic E-state index is 13.2. The molecule has 0 fully saturated rings. The quantitative estimate of drug-likeness (QED) is 0.385. The lowest BCUT2D eigenvalue weighted by atomic mass is 9.93. The molecule has 0 heterocycles. The van der Waals surface area contributed by atoms with Gasteiger partial charge in [0.2, 0.25) is 10.0 Å². The van der Waals surface area contributed by atoms with E-state index in [2.05, 4.69) is 20.7 Å². The van der Waals surface area contributed by atoms with Gasteiger partial charge in [0.1, 0.15) is 5.75 Å². The number of benzene rings is 4. The molecule has 0 aliphatic carbocycles. The van der Waals surface area contributed by atoms with Crippen LogP contribution in [0.1, 0.15) is 22.7 Å². The average molecular weight is 482 g/mol. The summed E-state index contributed by atoms with van der Waals surface area (Å²) < 4.78 is 30.1. The van der Waals surface area contributed by atoms with Gasteiger partial charge < -0.3 is 5.11 Å². The second kappa shape index (κ2) is 8.22. The lowest BCUT2D eigenvalue weighted by Gasteiger charge is -2.23. The van der Waals surface area contributed by atoms with Crippen molar-refractivity contribution in [3.63, 3.8) is 0 Å². The van der Waals surface area contributed by atoms with E-state index in [0.29, 0.717) is 5.56 Å². The van der Waals surface area contributed by atoms with Crippen LogP contribution in [0.2, 0.25) is 0 Å². The first-order valence-corrected chi connectivity index (χ1v) is 11.7. The first kappa shape index (κ1) is 20.6. The number of halogens is 1. The van der Waals surface area contributed by atoms with Gasteiger partial charge in [-0.25, -0.2) is 8.42 Å². The summed E-state index contributed by atoms with van der Waals surface area (Å²) in [6.45, 7) is 1.91. The molecule has 0 aliphatic rings. The van der Waals surface area contributed by atoms with Crippen molar-refractivity contribution in [2.45, 2.75) is 17.9 Å². The van der Waals surface area contributed by atoms with Crippen LogP contribution in [0.5, 0.6) is 5.75 Å². The average Bonchev–Trinajstić information content (AvgIpc) is 2.73. The zero-order valence-corrected chi connectivity index (χ0v) is 18.6. The largest absolute Gasteiger partial charge is 0.508 e. The van der Waals surface area contributed by atoms with Crippen molar-refractivity contribution in [1.82, 2.24) is 4.72 Å². The molecule has 0 aromatic heterocycles. The Bertz CT molecular complexity index is 1300. The van der Waals surface area contributed by atoms with Crippen LogP contribution in [-0.4, -0.2) is 13.5 Å². The Kier molecular flexibility index (Phi) is 5.64. The summed E-state index contributed by atoms with van der Waals surface area (Å²) in [7, 11) is -3.84. The summed E-state index contributed by atoms with van der Waals surface area (Å²) in [5.41, 5.74) is 2.22. The molecule has 0 saturated carbocycles. The lowest BCUT2D eigenvalue weighted by molar-refractivity contribution is 0.464. The van der Waals surface area contributed by atoms with Crippen molar-refractivity contribution in [2.24, 2.45) is 0 Å². The van der Waals surface area contributed by atoms with Gasteiger partial charge in [-0.15, -0.1) is 0 Å². The number of rotatable bonds is 5. The maximum atomic E-state index is 13.2. The molecule has 0 unspecified atom stereocenters. The highest BCUT2D eigenvalue weighted by molar-refractivity contribution is 9.10. The van der Waals surface area contributed by atoms with Gasteiger partial charge in [-0.05, 0) is 53.6 Å². The zero-order chi connectivity index (χ0) is 21.3. The third kappa shape index (κ3) is 4.12. The molecule has 0 aliphatic heterocycles. The predicted molar refractivity (Wildman–Crippen MR) is 123 cm³/mol. The molecular formula is C24H20BrNO3S. The Morgan fingerprint density at radius 3 is 2.23 bits per heavy atom. The summed E-state index contributed by atoms with van der Waals surface area (Å²) in [6.07, 6.45) is 0. The number of phenolic OH excluding ortho intramolecular Hbond substituents is 1. The van der Waals surface area contributed by atoms with E-state index in [0.717, 1.165) is 26.4 Å². The topological polar surface area (TPSA) is 66.4 Å². The predicted octanol–water partition coefficient (Wildman–Crippen LogP) is 5.68. The molecule has 4 nitrogen and oxygen atoms in total. The molecule has 4 aromatic rings. The lowest BCUT2D eigenvalue weighted by Crippen LogP contribution is -2.29. The Balaban J connectivity index is 1.89. The molecule has 0 spiro atoms. The summed E-state index contributed by atoms with van der Waals surface area (Å²) in [4.78, 5) is 0.176. The van der Waals surface area contributed by atoms with Crippen LogP contribution in [0.3, 0.4) is 0 Å². The van der Waals surface area contributed by atoms with Crippen molar-refractivity contribution < 1.29 is 13.5 Å². The summed E-state index contributed by atoms with van der Waals surface area (Å²) in [6, 6.07) is 24.3. The van der Waals surface area contributed by atoms with Gasteiger partial charge in [0.05, 0.1) is 10.9 Å². The second-order valence-electron chi connectivity index (χ2n) is 7.14. The number of hydrogen-bond donors (Lipinski definition) is 2. The summed E-state index contributed by atoms with van der Waals surface area (Å²) in [5.74, 6) is 0.0354. The van der Waals surface area contributed by atoms with E-state index < -0.39 is 16.1 Å². The Morgan fingerprint density at radius 2 is 1.53 bits per heavy atom. The molecule has 0 amide bonds. The van der Waals surface area contributed by atoms with Gasteiger partial charge in [-0.3, -0.25) is 0 Å². The molecule has 1 atom stereocenters. The fraction of sp³-hybridized carbons (Fsp3) is 0.0833. The van der Waals surface area contributed by atoms with Crippen molar-refractivity contribution in [2.75, 3.05) is 0 Å². The minimum Gasteiger partial charge on any atom is -0.508 e. The van der Waals surface area contributed by atoms with E-state index in [-0.39, 0.29) is 10.6 Å². The van der Waals surface area contributed by atoms with Crippen LogP contribution in [0.25, 0.3) is 10.8 Å². The van der Waals surface area contributed by atoms with Gasteiger partial charge in [0.15, 0.2) is 0 Å². The molecule has 4 aromatic carbocycles. The molecule has 0 bridgehead atoms. The second-order valence-corrected chi connectivity index (χ2v) is 9.77. The minimum atomic E-state index is -3.84. The van der Waals surface area contributed by atoms with Gasteiger partial charge in [0, 0.05) is 10.0 Å². The monoisotopic (exact) mass is 481 g/mol. The Hall–Kier alpha value is -2.67. The Labute approximate surface area is 184 Å². The fourth-order valence-electron chi connectivity index (χ4n) is 3.48. The Morgan fingerprint density at radius 1 is 0.867 bits per heavy atom. The minimum absolute atomic E-state index is 0.0354. The van der Waals surface area contributed by atoms with Crippen LogP contribution >= 0.6 is 15.9 Å². The van der Waals surface area contributed by atoms with E-state index in [4.69, 9.17) is 0 Å². The summed E-state index contributed by atoms with van der Waals surface area (Å²) >= 11 is 3.42. The zero-order valence-electron chi connectivity index (χ0n) is 16.2. The molecule has 0 saturated heterocycles. The van der Waals surface area contributed by atoms with E-state index >= 15 is 0 Å². The molecule has 0 radical (unpaired) electrons. The first-order valence-electron chi connectivity index (χ1n) is 9.40. The number of aromatic hydroxyl groups is 1. The van der Waals surface area contributed by atoms with E-state index in [1.54, 1.807) is 30.3 Å². The number of nitrogens with one attached hydrogen (secondary N) is 1. The number of hydrogen-bond acceptors (Lipinski definition) is 3. The van der Waals surface area contributed by atoms with Crippen molar-refractivity contribution >= 4 is 36.7 Å². The van der Waals surface area contributed by atoms with Crippen LogP contribution in [0.15, 0.2) is 94.3 Å². The maximum Gasteiger partial charge on any atom is 0.241 e. The highest BCUT2D eigenvalue weighted by Crippen LogP contribution is 2.37. The highest BCUT2D eigenvalue weighted by atomic mass is 79.9. The van der Waals surface area contributed by atoms with E-state index in [9.17, 15) is 13.5 Å². The van der Waals surface area contributed by atoms with Gasteiger partial charge in [-0.1, -0.05) is 76.1 Å². The first-order chi connectivity index (χ1) is 14.3. The normalized spacial score (nSPS) is 12.7. The molecule has 2 N–H and O–H groups in total. The number of phenols is 1. The van der Waals surface area contributed by atoms with Crippen molar-refractivity contribution in [1.29, 1.82) is 0 Å². The molecular weight excluding hydrogens is 462 g/mol. The molecule has 30 heavy (non-hydrogen) atoms. The van der Waals surface area contributed by atoms with Crippen LogP contribution in [0.4, 0.5) is 0 Å². The fourth-order valence-corrected chi connectivity index (χ4v) is 4.94. The van der Waals surface area contributed by atoms with Gasteiger partial charge in [0.25, 0.3) is 0 Å². The standard InChI is InChI=1S/C24H20BrNO3S/c1-16-6-13-20(14-7-16)30(28,29)26-24(18-8-11-19(25)12-9-18)23-21-5-3-2-4-17(21)10-15-22(23)27/h2-15,24,26-27H,1H3/t24-/m1/s1. The van der Waals surface area contributed by atoms with Crippen molar-refractivity contribution in [3.05, 3.63) is 106 Å². The molecule has 152 valence electrons. The number of aryl methyl sites for hydroxylation is 1. The summed E-state index contributed by atoms with van der Waals surface area (Å²) in [5, 5.41) is 12.5. The van der Waals surface area contributed by atoms with Crippen LogP contribution in [-0.2, 0) is 10.0 Å². The van der Waals surface area contributed by atoms with Crippen LogP contribution < -0.4 is 4.72 Å². The number of sulfonamides is 1. The highest BCUT2D eigenvalue weighted by Gasteiger charge is 2.26. The third-order valence-corrected chi connectivity index (χ3v) is 7.01. The smallest absolute Gasteiger partial charge is 0.241 e. The van der Waals surface area contributed by atoms with Crippen molar-refractivity contribution in [3.8, 4) is 5.75 Å². The molecule has 4 rings (SSSR count). The van der Waals surface area contributed by atoms with Crippen LogP contribution in [0, 0.1) is 6.92 Å². The van der Waals surface area contributed by atoms with Gasteiger partial charge >= 0.3 is 0 Å². The molecule has 6 heteroatoms. The van der Waals surface area contributed by atoms with E-state index in [1.165, 1.54) is 0 Å². The third-order valence-electron chi connectivity index (χ3n) is 5.04. The number of fused-ring (bicyclic) bond motifs is 1. The SMILES string of the molecule is Cc1ccc(S(=O)(=O)N[C@H](c2ccc(Br)cc2)c2c(O)ccc3ccccc23)cc1. The van der Waals surface area contributed by atoms with E-state index in [1.807, 2.05) is 61.5 Å².